The minimum Gasteiger partial charge on any atom is -0.398 e. The van der Waals surface area contributed by atoms with Gasteiger partial charge in [0.1, 0.15) is 0 Å². The second kappa shape index (κ2) is 6.17. The number of carbonyl (C=O) groups excluding carboxylic acids is 1. The van der Waals surface area contributed by atoms with E-state index in [2.05, 4.69) is 0 Å². The zero-order chi connectivity index (χ0) is 15.6. The van der Waals surface area contributed by atoms with E-state index in [1.54, 1.807) is 11.8 Å². The van der Waals surface area contributed by atoms with Crippen LogP contribution >= 0.6 is 11.8 Å². The number of carbonyl (C=O) groups is 1. The van der Waals surface area contributed by atoms with Gasteiger partial charge in [-0.15, -0.1) is 11.8 Å². The second-order valence-electron chi connectivity index (χ2n) is 5.04. The van der Waals surface area contributed by atoms with E-state index in [0.29, 0.717) is 4.90 Å². The number of hydrogen-bond donors (Lipinski definition) is 1. The Morgan fingerprint density at radius 1 is 1.33 bits per heavy atom. The number of anilines is 1. The molecular weight excluding hydrogens is 301 g/mol. The van der Waals surface area contributed by atoms with Gasteiger partial charge >= 0.3 is 6.18 Å². The quantitative estimate of drug-likeness (QED) is 0.686. The highest BCUT2D eigenvalue weighted by Gasteiger charge is 2.31. The molecule has 0 aliphatic carbocycles. The molecule has 3 nitrogen and oxygen atoms in total. The Bertz CT molecular complexity index is 527. The number of benzene rings is 1. The van der Waals surface area contributed by atoms with E-state index in [0.717, 1.165) is 38.1 Å². The van der Waals surface area contributed by atoms with Gasteiger partial charge in [-0.1, -0.05) is 0 Å². The molecule has 7 heteroatoms. The lowest BCUT2D eigenvalue weighted by atomic mass is 10.2. The van der Waals surface area contributed by atoms with Gasteiger partial charge < -0.3 is 10.6 Å². The zero-order valence-corrected chi connectivity index (χ0v) is 12.4. The third kappa shape index (κ3) is 3.84. The first-order valence-electron chi connectivity index (χ1n) is 6.71. The van der Waals surface area contributed by atoms with Crippen molar-refractivity contribution in [1.29, 1.82) is 0 Å². The van der Waals surface area contributed by atoms with E-state index in [1.165, 1.54) is 17.8 Å². The molecule has 1 saturated heterocycles. The second-order valence-corrected chi connectivity index (χ2v) is 6.43. The molecule has 1 heterocycles. The van der Waals surface area contributed by atoms with Crippen LogP contribution in [0.3, 0.4) is 0 Å². The maximum atomic E-state index is 12.6. The predicted molar refractivity (Wildman–Crippen MR) is 77.0 cm³/mol. The molecule has 0 saturated carbocycles. The lowest BCUT2D eigenvalue weighted by Crippen LogP contribution is -2.34. The standard InChI is InChI=1S/C14H17F3N2OS/c1-9(13(20)19-6-2-3-7-19)21-12-5-4-10(8-11(12)18)14(15,16)17/h4-5,8-9H,2-3,6-7,18H2,1H3. The third-order valence-electron chi connectivity index (χ3n) is 3.41. The molecule has 21 heavy (non-hydrogen) atoms. The highest BCUT2D eigenvalue weighted by atomic mass is 32.2. The number of thioether (sulfide) groups is 1. The van der Waals surface area contributed by atoms with E-state index in [-0.39, 0.29) is 16.8 Å². The molecular formula is C14H17F3N2OS. The molecule has 1 unspecified atom stereocenters. The van der Waals surface area contributed by atoms with Crippen molar-refractivity contribution < 1.29 is 18.0 Å². The lowest BCUT2D eigenvalue weighted by Gasteiger charge is -2.20. The zero-order valence-electron chi connectivity index (χ0n) is 11.6. The predicted octanol–water partition coefficient (Wildman–Crippen LogP) is 3.39. The first kappa shape index (κ1) is 16.0. The Balaban J connectivity index is 2.07. The van der Waals surface area contributed by atoms with E-state index in [9.17, 15) is 18.0 Å². The van der Waals surface area contributed by atoms with Crippen molar-refractivity contribution in [3.05, 3.63) is 23.8 Å². The smallest absolute Gasteiger partial charge is 0.398 e. The van der Waals surface area contributed by atoms with E-state index in [1.807, 2.05) is 0 Å². The Hall–Kier alpha value is -1.37. The first-order valence-corrected chi connectivity index (χ1v) is 7.59. The van der Waals surface area contributed by atoms with Crippen molar-refractivity contribution >= 4 is 23.4 Å². The number of nitrogens with two attached hydrogens (primary N) is 1. The fourth-order valence-corrected chi connectivity index (χ4v) is 3.24. The first-order chi connectivity index (χ1) is 9.79. The normalized spacial score (nSPS) is 17.0. The number of nitrogens with zero attached hydrogens (tertiary/aromatic N) is 1. The summed E-state index contributed by atoms with van der Waals surface area (Å²) in [5, 5.41) is -0.359. The van der Waals surface area contributed by atoms with Crippen molar-refractivity contribution in [2.45, 2.75) is 36.1 Å². The van der Waals surface area contributed by atoms with Crippen LogP contribution in [-0.2, 0) is 11.0 Å². The Morgan fingerprint density at radius 2 is 1.95 bits per heavy atom. The van der Waals surface area contributed by atoms with Gasteiger partial charge in [-0.25, -0.2) is 0 Å². The largest absolute Gasteiger partial charge is 0.416 e. The van der Waals surface area contributed by atoms with Gasteiger partial charge in [-0.3, -0.25) is 4.79 Å². The molecule has 1 aliphatic rings. The summed E-state index contributed by atoms with van der Waals surface area (Å²) in [7, 11) is 0. The number of alkyl halides is 3. The molecule has 0 aromatic heterocycles. The number of amides is 1. The fourth-order valence-electron chi connectivity index (χ4n) is 2.27. The molecule has 1 fully saturated rings. The SMILES string of the molecule is CC(Sc1ccc(C(F)(F)F)cc1N)C(=O)N1CCCC1. The molecule has 1 aromatic rings. The Kier molecular flexibility index (Phi) is 4.70. The monoisotopic (exact) mass is 318 g/mol. The molecule has 0 bridgehead atoms. The van der Waals surface area contributed by atoms with Gasteiger partial charge in [0.2, 0.25) is 5.91 Å². The molecule has 116 valence electrons. The van der Waals surface area contributed by atoms with Crippen molar-refractivity contribution in [3.63, 3.8) is 0 Å². The van der Waals surface area contributed by atoms with Gasteiger partial charge in [0, 0.05) is 23.7 Å². The minimum absolute atomic E-state index is 0.0109. The van der Waals surface area contributed by atoms with Crippen LogP contribution in [0.15, 0.2) is 23.1 Å². The summed E-state index contributed by atoms with van der Waals surface area (Å²) in [4.78, 5) is 14.5. The molecule has 0 spiro atoms. The fraction of sp³-hybridized carbons (Fsp3) is 0.500. The Labute approximate surface area is 125 Å². The summed E-state index contributed by atoms with van der Waals surface area (Å²) in [6, 6.07) is 3.23. The van der Waals surface area contributed by atoms with E-state index in [4.69, 9.17) is 5.73 Å². The molecule has 1 amide bonds. The molecule has 2 N–H and O–H groups in total. The summed E-state index contributed by atoms with van der Waals surface area (Å²) >= 11 is 1.20. The average molecular weight is 318 g/mol. The summed E-state index contributed by atoms with van der Waals surface area (Å²) in [5.74, 6) is 0.0109. The topological polar surface area (TPSA) is 46.3 Å². The summed E-state index contributed by atoms with van der Waals surface area (Å²) in [6.07, 6.45) is -2.40. The van der Waals surface area contributed by atoms with Crippen molar-refractivity contribution in [3.8, 4) is 0 Å². The van der Waals surface area contributed by atoms with Gasteiger partial charge in [0.25, 0.3) is 0 Å². The molecule has 1 aromatic carbocycles. The average Bonchev–Trinajstić information content (AvgIpc) is 2.92. The molecule has 0 radical (unpaired) electrons. The Morgan fingerprint density at radius 3 is 2.48 bits per heavy atom. The molecule has 2 rings (SSSR count). The van der Waals surface area contributed by atoms with Gasteiger partial charge in [0.05, 0.1) is 10.8 Å². The number of halogens is 3. The summed E-state index contributed by atoms with van der Waals surface area (Å²) in [5.41, 5.74) is 4.95. The van der Waals surface area contributed by atoms with Crippen LogP contribution in [0.25, 0.3) is 0 Å². The number of hydrogen-bond acceptors (Lipinski definition) is 3. The number of rotatable bonds is 3. The van der Waals surface area contributed by atoms with Crippen LogP contribution in [0.1, 0.15) is 25.3 Å². The highest BCUT2D eigenvalue weighted by Crippen LogP contribution is 2.36. The summed E-state index contributed by atoms with van der Waals surface area (Å²) < 4.78 is 37.7. The third-order valence-corrected chi connectivity index (χ3v) is 4.59. The number of nitrogen functional groups attached to an aromatic ring is 1. The van der Waals surface area contributed by atoms with Gasteiger partial charge in [-0.2, -0.15) is 13.2 Å². The van der Waals surface area contributed by atoms with Crippen molar-refractivity contribution in [1.82, 2.24) is 4.90 Å². The minimum atomic E-state index is -4.41. The lowest BCUT2D eigenvalue weighted by molar-refractivity contribution is -0.137. The van der Waals surface area contributed by atoms with Crippen LogP contribution in [0.5, 0.6) is 0 Å². The summed E-state index contributed by atoms with van der Waals surface area (Å²) in [6.45, 7) is 3.26. The molecule has 1 atom stereocenters. The van der Waals surface area contributed by atoms with Crippen molar-refractivity contribution in [2.75, 3.05) is 18.8 Å². The van der Waals surface area contributed by atoms with E-state index < -0.39 is 11.7 Å². The van der Waals surface area contributed by atoms with Crippen LogP contribution in [0.4, 0.5) is 18.9 Å². The highest BCUT2D eigenvalue weighted by molar-refractivity contribution is 8.00. The molecule has 1 aliphatic heterocycles. The van der Waals surface area contributed by atoms with Gasteiger partial charge in [-0.05, 0) is 38.0 Å². The van der Waals surface area contributed by atoms with E-state index >= 15 is 0 Å². The maximum absolute atomic E-state index is 12.6. The van der Waals surface area contributed by atoms with Crippen LogP contribution in [0, 0.1) is 0 Å². The van der Waals surface area contributed by atoms with Crippen LogP contribution in [0.2, 0.25) is 0 Å². The maximum Gasteiger partial charge on any atom is 0.416 e. The number of likely N-dealkylation sites (tertiary alicyclic amines) is 1. The van der Waals surface area contributed by atoms with Crippen LogP contribution < -0.4 is 5.73 Å². The van der Waals surface area contributed by atoms with Crippen LogP contribution in [-0.4, -0.2) is 29.1 Å². The van der Waals surface area contributed by atoms with Crippen molar-refractivity contribution in [2.24, 2.45) is 0 Å². The van der Waals surface area contributed by atoms with Gasteiger partial charge in [0.15, 0.2) is 0 Å².